The highest BCUT2D eigenvalue weighted by atomic mass is 16.6. The maximum absolute atomic E-state index is 12.8. The van der Waals surface area contributed by atoms with Crippen LogP contribution < -0.4 is 9.47 Å². The first-order chi connectivity index (χ1) is 45.3. The van der Waals surface area contributed by atoms with Crippen molar-refractivity contribution in [3.05, 3.63) is 115 Å². The average Bonchev–Trinajstić information content (AvgIpc) is 0.687. The van der Waals surface area contributed by atoms with Crippen LogP contribution in [0.5, 0.6) is 34.5 Å². The first-order valence-electron chi connectivity index (χ1n) is 38.9. The molecule has 0 saturated heterocycles. The summed E-state index contributed by atoms with van der Waals surface area (Å²) < 4.78 is 14.3. The van der Waals surface area contributed by atoms with Gasteiger partial charge >= 0.3 is 11.4 Å². The summed E-state index contributed by atoms with van der Waals surface area (Å²) in [5, 5.41) is 48.4. The van der Waals surface area contributed by atoms with Crippen molar-refractivity contribution in [1.82, 2.24) is 0 Å². The predicted octanol–water partition coefficient (Wildman–Crippen LogP) is 21.0. The number of phenolic OH excluding ortho intramolecular Hbond substituents is 2. The van der Waals surface area contributed by atoms with Gasteiger partial charge in [-0.1, -0.05) is 24.3 Å². The Kier molecular flexibility index (Phi) is 11.2. The van der Waals surface area contributed by atoms with Crippen LogP contribution in [0.15, 0.2) is 72.8 Å². The molecule has 94 heavy (non-hydrogen) atoms. The van der Waals surface area contributed by atoms with Crippen molar-refractivity contribution in [2.24, 2.45) is 115 Å². The molecule has 4 aromatic rings. The lowest BCUT2D eigenvalue weighted by Crippen LogP contribution is -2.66. The van der Waals surface area contributed by atoms with Crippen molar-refractivity contribution in [3.8, 4) is 34.5 Å². The molecule has 0 aromatic heterocycles. The molecule has 24 bridgehead atoms. The Morgan fingerprint density at radius 1 is 0.309 bits per heavy atom. The lowest BCUT2D eigenvalue weighted by molar-refractivity contribution is -0.386. The molecule has 0 radical (unpaired) electrons. The first kappa shape index (κ1) is 56.9. The zero-order chi connectivity index (χ0) is 62.5. The quantitative estimate of drug-likeness (QED) is 0.0994. The third-order valence-electron chi connectivity index (χ3n) is 34.8. The minimum Gasteiger partial charge on any atom is -0.502 e. The van der Waals surface area contributed by atoms with Crippen LogP contribution in [0, 0.1) is 136 Å². The van der Waals surface area contributed by atoms with Crippen LogP contribution in [0.3, 0.4) is 0 Å². The monoisotopic (exact) mass is 1260 g/mol. The van der Waals surface area contributed by atoms with Gasteiger partial charge in [-0.2, -0.15) is 0 Å². The van der Waals surface area contributed by atoms with Crippen molar-refractivity contribution in [3.63, 3.8) is 0 Å². The van der Waals surface area contributed by atoms with Crippen molar-refractivity contribution in [2.75, 3.05) is 0 Å². The molecule has 494 valence electrons. The van der Waals surface area contributed by atoms with E-state index in [1.807, 2.05) is 0 Å². The Hall–Kier alpha value is -5.12. The second-order valence-corrected chi connectivity index (χ2v) is 39.9. The molecule has 0 amide bonds. The van der Waals surface area contributed by atoms with E-state index in [-0.39, 0.29) is 54.4 Å². The average molecular weight is 1270 g/mol. The van der Waals surface area contributed by atoms with E-state index >= 15 is 0 Å². The van der Waals surface area contributed by atoms with Gasteiger partial charge in [-0.25, -0.2) is 0 Å². The van der Waals surface area contributed by atoms with E-state index in [1.165, 1.54) is 204 Å². The van der Waals surface area contributed by atoms with Crippen LogP contribution >= 0.6 is 0 Å². The minimum absolute atomic E-state index is 0.135. The zero-order valence-electron chi connectivity index (χ0n) is 55.7. The highest BCUT2D eigenvalue weighted by Crippen LogP contribution is 2.82. The largest absolute Gasteiger partial charge is 0.502 e. The zero-order valence-corrected chi connectivity index (χ0v) is 55.7. The summed E-state index contributed by atoms with van der Waals surface area (Å²) >= 11 is 0. The number of hydrogen-bond acceptors (Lipinski definition) is 8. The number of rotatable bonds is 13. The Labute approximate surface area is 556 Å². The van der Waals surface area contributed by atoms with E-state index in [1.54, 1.807) is 24.3 Å². The lowest BCUT2D eigenvalue weighted by atomic mass is 9.30. The second kappa shape index (κ2) is 18.6. The lowest BCUT2D eigenvalue weighted by Gasteiger charge is -2.74. The smallest absolute Gasteiger partial charge is 0.311 e. The van der Waals surface area contributed by atoms with Crippen LogP contribution in [-0.4, -0.2) is 20.1 Å². The van der Waals surface area contributed by atoms with Gasteiger partial charge in [0.15, 0.2) is 11.5 Å². The topological polar surface area (TPSA) is 145 Å². The molecule has 2 N–H and O–H groups in total. The molecular formula is C84H100N2O8. The van der Waals surface area contributed by atoms with Gasteiger partial charge in [0.05, 0.1) is 9.85 Å². The minimum atomic E-state index is -0.370. The molecule has 10 nitrogen and oxygen atoms in total. The van der Waals surface area contributed by atoms with Crippen molar-refractivity contribution in [2.45, 2.75) is 253 Å². The number of aromatic hydroxyl groups is 2. The molecule has 0 spiro atoms. The Morgan fingerprint density at radius 3 is 0.819 bits per heavy atom. The second-order valence-electron chi connectivity index (χ2n) is 39.9. The predicted molar refractivity (Wildman–Crippen MR) is 359 cm³/mol. The number of nitro groups is 2. The van der Waals surface area contributed by atoms with Gasteiger partial charge in [0.25, 0.3) is 0 Å². The molecule has 0 heterocycles. The van der Waals surface area contributed by atoms with Gasteiger partial charge in [0.2, 0.25) is 0 Å². The highest BCUT2D eigenvalue weighted by molar-refractivity contribution is 5.60. The summed E-state index contributed by atoms with van der Waals surface area (Å²) in [5.74, 6) is 13.2. The van der Waals surface area contributed by atoms with Crippen LogP contribution in [-0.2, 0) is 21.7 Å². The molecule has 28 rings (SSSR count). The molecule has 24 aliphatic carbocycles. The highest BCUT2D eigenvalue weighted by Gasteiger charge is 2.73. The van der Waals surface area contributed by atoms with E-state index in [9.17, 15) is 30.4 Å². The summed E-state index contributed by atoms with van der Waals surface area (Å²) in [4.78, 5) is 24.8. The number of hydrogen-bond donors (Lipinski definition) is 2. The first-order valence-corrected chi connectivity index (χ1v) is 38.9. The molecule has 24 saturated carbocycles. The van der Waals surface area contributed by atoms with Gasteiger partial charge in [-0.3, -0.25) is 20.2 Å². The third kappa shape index (κ3) is 7.73. The molecule has 0 aliphatic heterocycles. The fourth-order valence-corrected chi connectivity index (χ4v) is 34.8. The number of benzene rings is 4. The maximum Gasteiger partial charge on any atom is 0.311 e. The van der Waals surface area contributed by atoms with Gasteiger partial charge < -0.3 is 19.7 Å². The van der Waals surface area contributed by atoms with Gasteiger partial charge in [0, 0.05) is 46.2 Å². The van der Waals surface area contributed by atoms with Crippen molar-refractivity contribution in [1.29, 1.82) is 0 Å². The molecule has 24 fully saturated rings. The normalized spacial score (nSPS) is 49.7. The van der Waals surface area contributed by atoms with Gasteiger partial charge in [0.1, 0.15) is 23.0 Å². The number of nitro benzene ring substituents is 2. The van der Waals surface area contributed by atoms with E-state index in [0.717, 1.165) is 120 Å². The molecule has 4 aromatic carbocycles. The van der Waals surface area contributed by atoms with Crippen LogP contribution in [0.1, 0.15) is 253 Å². The van der Waals surface area contributed by atoms with Crippen LogP contribution in [0.2, 0.25) is 0 Å². The fourth-order valence-electron chi connectivity index (χ4n) is 34.8. The Bertz CT molecular complexity index is 3540. The number of nitrogens with zero attached hydrogens (tertiary/aromatic N) is 2. The Morgan fingerprint density at radius 2 is 0.543 bits per heavy atom. The number of ether oxygens (including phenoxy) is 2. The molecule has 8 unspecified atom stereocenters. The molecule has 10 heteroatoms. The molecule has 24 aliphatic rings. The van der Waals surface area contributed by atoms with Crippen molar-refractivity contribution < 1.29 is 29.5 Å². The fraction of sp³-hybridized carbons (Fsp3) is 0.714. The van der Waals surface area contributed by atoms with Gasteiger partial charge in [-0.05, 0) is 393 Å². The summed E-state index contributed by atoms with van der Waals surface area (Å²) in [7, 11) is 0. The summed E-state index contributed by atoms with van der Waals surface area (Å²) in [6.07, 6.45) is 47.6. The SMILES string of the molecule is O=[N+]([O-])c1cc(C23CC4CC(C2)CC(C25CC6CC(CC(C6)C2)C5)(C4)C3)c(Oc2ccc(C34CC5CC(C3)CC(C36CC7CC(CC(c8ccc(Oc9cc(O)c([N+](=O)[O-])cc9C9%10CC%11CC(C9)CC(C9%12CC%13CC(CC(C%13)C9)C%12)(C%11)C%10)cc8)(C7)C3)C6)(C5)C4)cc2)cc1O. The standard InChI is InChI=1S/C84H100N2O8/c87-71-21-73(67(19-69(71)85(89)90)77-27-59-17-60(28-77)38-81(37-59,47-77)79-31-49-9-50(32-79)11-51(10-49)33-79)93-65-5-1-63(2-6-65)75-23-55-15-56(24-75)42-83(41-55,45-75)84-43-57-16-58(44-84)26-76(25-57,46-84)64-3-7-66(8-4-64)94-74-22-72(88)70(86(91)92)20-68(74)78-29-61-18-62(30-78)40-82(39-61,48-78)80-34-52-12-53(35-80)14-54(13-52)36-80/h1-8,19-22,49-62,87-88H,9-18,23-48H2. The summed E-state index contributed by atoms with van der Waals surface area (Å²) in [6.45, 7) is 0. The van der Waals surface area contributed by atoms with Gasteiger partial charge in [-0.15, -0.1) is 0 Å². The van der Waals surface area contributed by atoms with E-state index in [2.05, 4.69) is 48.5 Å². The van der Waals surface area contributed by atoms with Crippen LogP contribution in [0.25, 0.3) is 0 Å². The molecule has 8 atom stereocenters. The Balaban J connectivity index is 0.548. The van der Waals surface area contributed by atoms with E-state index < -0.39 is 0 Å². The number of phenols is 2. The van der Waals surface area contributed by atoms with Crippen molar-refractivity contribution >= 4 is 11.4 Å². The van der Waals surface area contributed by atoms with E-state index in [4.69, 9.17) is 9.47 Å². The molecular weight excluding hydrogens is 1160 g/mol. The summed E-state index contributed by atoms with van der Waals surface area (Å²) in [5.41, 5.74) is 6.58. The van der Waals surface area contributed by atoms with E-state index in [0.29, 0.717) is 67.7 Å². The third-order valence-corrected chi connectivity index (χ3v) is 34.8. The van der Waals surface area contributed by atoms with Crippen LogP contribution in [0.4, 0.5) is 11.4 Å². The maximum atomic E-state index is 12.8. The summed E-state index contributed by atoms with van der Waals surface area (Å²) in [6, 6.07) is 25.4.